The van der Waals surface area contributed by atoms with Crippen molar-refractivity contribution in [1.82, 2.24) is 0 Å². The van der Waals surface area contributed by atoms with Gasteiger partial charge in [-0.2, -0.15) is 27.0 Å². The zero-order valence-corrected chi connectivity index (χ0v) is 79.5. The molecule has 40 heteroatoms. The molecule has 14 aliphatic rings. The molecule has 0 bridgehead atoms. The second-order valence-corrected chi connectivity index (χ2v) is 36.1. The van der Waals surface area contributed by atoms with Crippen molar-refractivity contribution in [2.45, 2.75) is 161 Å². The first-order chi connectivity index (χ1) is 56.9. The Morgan fingerprint density at radius 3 is 1.01 bits per heavy atom. The largest absolute Gasteiger partial charge is 0.499 e. The van der Waals surface area contributed by atoms with Crippen molar-refractivity contribution in [2.24, 2.45) is 17.2 Å². The van der Waals surface area contributed by atoms with E-state index in [1.165, 1.54) is 5.56 Å². The van der Waals surface area contributed by atoms with Gasteiger partial charge in [-0.25, -0.2) is 0 Å². The summed E-state index contributed by atoms with van der Waals surface area (Å²) in [7, 11) is -2.32. The van der Waals surface area contributed by atoms with Gasteiger partial charge in [0.05, 0.1) is 86.0 Å². The molecule has 0 fully saturated rings. The van der Waals surface area contributed by atoms with Crippen molar-refractivity contribution >= 4 is 220 Å². The van der Waals surface area contributed by atoms with Crippen LogP contribution in [0.5, 0.6) is 40.2 Å². The fourth-order valence-corrected chi connectivity index (χ4v) is 19.9. The molecule has 0 saturated carbocycles. The van der Waals surface area contributed by atoms with Crippen LogP contribution in [0, 0.1) is 3.57 Å². The van der Waals surface area contributed by atoms with Gasteiger partial charge < -0.3 is 116 Å². The summed E-state index contributed by atoms with van der Waals surface area (Å²) in [5, 5.41) is 2.21. The highest BCUT2D eigenvalue weighted by Crippen LogP contribution is 2.45. The van der Waals surface area contributed by atoms with Crippen molar-refractivity contribution in [3.63, 3.8) is 0 Å². The first-order valence-corrected chi connectivity index (χ1v) is 44.8. The molecule has 9 atom stereocenters. The second kappa shape index (κ2) is 41.0. The molecule has 7 aromatic carbocycles. The number of hydrogen-bond donors (Lipinski definition) is 3. The van der Waals surface area contributed by atoms with Crippen LogP contribution in [0.2, 0.25) is 15.1 Å². The van der Waals surface area contributed by atoms with E-state index < -0.39 is 7.12 Å². The number of nitrogens with two attached hydrogens (primary N) is 3. The third-order valence-corrected chi connectivity index (χ3v) is 25.9. The van der Waals surface area contributed by atoms with Gasteiger partial charge in [0.2, 0.25) is 0 Å². The lowest BCUT2D eigenvalue weighted by molar-refractivity contribution is 0.0267. The van der Waals surface area contributed by atoms with Crippen LogP contribution in [0.15, 0.2) is 98.3 Å². The number of ether oxygens (including phenoxy) is 7. The summed E-state index contributed by atoms with van der Waals surface area (Å²) in [4.78, 5) is 0. The topological polar surface area (TPSA) is 272 Å². The van der Waals surface area contributed by atoms with Crippen LogP contribution in [0.1, 0.15) is 177 Å². The quantitative estimate of drug-likeness (QED) is 0.0988. The Morgan fingerprint density at radius 2 is 0.608 bits per heavy atom. The third-order valence-electron chi connectivity index (χ3n) is 21.9. The molecular weight excluding hydrogens is 1950 g/mol. The molecule has 21 rings (SSSR count). The molecule has 24 nitrogen and oxygen atoms in total. The van der Waals surface area contributed by atoms with E-state index in [0.29, 0.717) is 85.7 Å². The van der Waals surface area contributed by atoms with Gasteiger partial charge >= 0.3 is 49.8 Å². The van der Waals surface area contributed by atoms with E-state index >= 15 is 0 Å². The van der Waals surface area contributed by atoms with E-state index in [2.05, 4.69) is 98.1 Å². The van der Waals surface area contributed by atoms with Crippen molar-refractivity contribution in [2.75, 3.05) is 85.7 Å². The molecular formula is C80H97B7Br3Cl3IN3O21S2. The summed E-state index contributed by atoms with van der Waals surface area (Å²) >= 11 is 31.7. The zero-order chi connectivity index (χ0) is 83.2. The predicted molar refractivity (Wildman–Crippen MR) is 497 cm³/mol. The van der Waals surface area contributed by atoms with Crippen LogP contribution in [0.4, 0.5) is 0 Å². The van der Waals surface area contributed by atoms with Crippen molar-refractivity contribution in [1.29, 1.82) is 0 Å². The lowest BCUT2D eigenvalue weighted by atomic mass is 9.77. The number of halogens is 7. The smallest absolute Gasteiger partial charge is 0.492 e. The van der Waals surface area contributed by atoms with Crippen LogP contribution in [0.3, 0.4) is 0 Å². The fourth-order valence-electron chi connectivity index (χ4n) is 16.4. The summed E-state index contributed by atoms with van der Waals surface area (Å²) in [6.45, 7) is 27.1. The fraction of sp³-hybridized carbons (Fsp3) is 0.475. The highest BCUT2D eigenvalue weighted by Gasteiger charge is 2.51. The normalized spacial score (nSPS) is 23.9. The van der Waals surface area contributed by atoms with Crippen LogP contribution < -0.4 is 88.6 Å². The van der Waals surface area contributed by atoms with Crippen LogP contribution in [-0.4, -0.2) is 159 Å². The first kappa shape index (κ1) is 94.3. The minimum atomic E-state index is -0.390. The minimum absolute atomic E-state index is 0. The molecule has 0 saturated heterocycles. The van der Waals surface area contributed by atoms with E-state index in [9.17, 15) is 0 Å². The minimum Gasteiger partial charge on any atom is -0.492 e. The van der Waals surface area contributed by atoms with Crippen molar-refractivity contribution in [3.8, 4) is 40.2 Å². The second-order valence-electron chi connectivity index (χ2n) is 31.2. The molecule has 0 radical (unpaired) electrons. The molecule has 0 amide bonds. The van der Waals surface area contributed by atoms with Crippen molar-refractivity contribution in [3.05, 3.63) is 156 Å². The average Bonchev–Trinajstić information content (AvgIpc) is 1.61. The lowest BCUT2D eigenvalue weighted by Crippen LogP contribution is -2.40. The molecule has 120 heavy (non-hydrogen) atoms. The van der Waals surface area contributed by atoms with Crippen LogP contribution in [-0.2, 0) is 65.2 Å². The maximum atomic E-state index is 6.29. The maximum Gasteiger partial charge on any atom is 0.499 e. The standard InChI is InChI=1S/C13H16BClO3.C12H15BBrNO3.C12H14BClO3.C11H13BBrNO3.C11H12BBrO3.C11H12BClO3.C10H11BINO3.2H2S/c1-4-9-11-8(15)5-6-10-12(11)14(17-9)18-13(2,3)7-16-10;1-12(2)6-16-8-4-3-7(14)10-9(5-15)17-13(18-12)11(8)10;1-3-9-11-8(14)4-5-10-12(11)13(17-9)16-7(2)6-15-10;1-6-5-15-8-3-2-7(13)10-9(4-14)17-12(16-6)11(8)10;2*1-2-8-10-7(13)3-4-9-11(10)12(16-8)15-6-5-14-9;12-6-1-2-7-10-9(6)8(5-13)16-11(10)15-4-3-14-7;;/h5-6,9H,4,7H2,1-3H3;3-4,9H,5-6,15H2,1-2H3;4-5,7,9H,3,6H2,1-2H3;2-3,6,9H,4-5,14H2,1H3;2*3-4,8H,2,5-6H2,1H3;1-2,8H,3-5,13H2;2*1H2/t2*9-;7?,9-;6?,9-;3*8-;;/m1111111../s1. The van der Waals surface area contributed by atoms with Gasteiger partial charge in [-0.1, -0.05) is 110 Å². The summed E-state index contributed by atoms with van der Waals surface area (Å²) < 4.78 is 126. The Hall–Kier alpha value is -3.35. The molecule has 0 spiro atoms. The van der Waals surface area contributed by atoms with Gasteiger partial charge in [-0.05, 0) is 197 Å². The Morgan fingerprint density at radius 1 is 0.342 bits per heavy atom. The van der Waals surface area contributed by atoms with Gasteiger partial charge in [0.25, 0.3) is 0 Å². The molecule has 7 aromatic rings. The number of benzene rings is 7. The van der Waals surface area contributed by atoms with E-state index in [0.717, 1.165) is 170 Å². The molecule has 0 aromatic heterocycles. The van der Waals surface area contributed by atoms with Crippen LogP contribution >= 0.6 is 132 Å². The molecule has 6 N–H and O–H groups in total. The third kappa shape index (κ3) is 19.6. The molecule has 0 aliphatic carbocycles. The summed E-state index contributed by atoms with van der Waals surface area (Å²) in [6.07, 6.45) is 3.40. The average molecular weight is 2050 g/mol. The van der Waals surface area contributed by atoms with Crippen LogP contribution in [0.25, 0.3) is 0 Å². The Kier molecular flexibility index (Phi) is 32.2. The Labute approximate surface area is 771 Å². The highest BCUT2D eigenvalue weighted by molar-refractivity contribution is 14.1. The highest BCUT2D eigenvalue weighted by atomic mass is 127. The van der Waals surface area contributed by atoms with Gasteiger partial charge in [-0.3, -0.25) is 0 Å². The SMILES string of the molecule is CC1(C)COc2ccc(Br)c3c2B(O[C@@H]3CN)O1.CC1COc2ccc(Br)c3c2B(O1)O[C@@H]3CN.CC[C@H]1OB2OC(C)(C)COc3ccc(Cl)c1c32.CC[C@H]1OB2OC(C)COc3ccc(Cl)c1c32.CC[C@H]1OB2OCCOc3ccc(Br)c1c32.CC[C@H]1OB2OCCOc3ccc(Cl)c1c32.NC[C@H]1OB2OCCOc3ccc(I)c1c32.S.S. The molecule has 2 unspecified atom stereocenters. The number of hydrogen-bond acceptors (Lipinski definition) is 24. The molecule has 640 valence electrons. The molecule has 14 aliphatic heterocycles. The first-order valence-electron chi connectivity index (χ1n) is 40.2. The van der Waals surface area contributed by atoms with E-state index in [1.54, 1.807) is 0 Å². The van der Waals surface area contributed by atoms with E-state index in [4.69, 9.17) is 150 Å². The summed E-state index contributed by atoms with van der Waals surface area (Å²) in [5.41, 5.74) is 31.0. The van der Waals surface area contributed by atoms with E-state index in [-0.39, 0.29) is 136 Å². The monoisotopic (exact) mass is 2050 g/mol. The van der Waals surface area contributed by atoms with Gasteiger partial charge in [0.1, 0.15) is 86.5 Å². The predicted octanol–water partition coefficient (Wildman–Crippen LogP) is 12.0. The summed E-state index contributed by atoms with van der Waals surface area (Å²) in [5.74, 6) is 5.97. The van der Waals surface area contributed by atoms with Gasteiger partial charge in [0.15, 0.2) is 0 Å². The number of rotatable bonds is 7. The zero-order valence-electron chi connectivity index (χ0n) is 68.3. The van der Waals surface area contributed by atoms with Gasteiger partial charge in [0, 0.05) is 107 Å². The van der Waals surface area contributed by atoms with E-state index in [1.807, 2.05) is 126 Å². The maximum absolute atomic E-state index is 6.29. The summed E-state index contributed by atoms with van der Waals surface area (Å²) in [6, 6.07) is 27.2. The Balaban J connectivity index is 0.000000121. The lowest BCUT2D eigenvalue weighted by Gasteiger charge is -2.25. The molecule has 14 heterocycles. The van der Waals surface area contributed by atoms with Crippen molar-refractivity contribution < 1.29 is 98.3 Å². The van der Waals surface area contributed by atoms with Gasteiger partial charge in [-0.15, -0.1) is 0 Å². The Bertz CT molecular complexity index is 4480.